The van der Waals surface area contributed by atoms with Gasteiger partial charge in [0.05, 0.1) is 13.7 Å². The maximum Gasteiger partial charge on any atom is 0.224 e. The van der Waals surface area contributed by atoms with Gasteiger partial charge in [-0.15, -0.1) is 24.0 Å². The lowest BCUT2D eigenvalue weighted by atomic mass is 10.2. The van der Waals surface area contributed by atoms with Gasteiger partial charge in [0.25, 0.3) is 0 Å². The van der Waals surface area contributed by atoms with E-state index < -0.39 is 0 Å². The molecule has 2 rings (SSSR count). The second-order valence-electron chi connectivity index (χ2n) is 5.56. The predicted molar refractivity (Wildman–Crippen MR) is 117 cm³/mol. The summed E-state index contributed by atoms with van der Waals surface area (Å²) in [7, 11) is 1.61. The minimum absolute atomic E-state index is 0. The normalized spacial score (nSPS) is 10.6. The first-order chi connectivity index (χ1) is 12.1. The number of benzene rings is 2. The molecule has 6 nitrogen and oxygen atoms in total. The lowest BCUT2D eigenvalue weighted by molar-refractivity contribution is -0.116. The summed E-state index contributed by atoms with van der Waals surface area (Å²) >= 11 is 0. The predicted octanol–water partition coefficient (Wildman–Crippen LogP) is 3.98. The highest BCUT2D eigenvalue weighted by molar-refractivity contribution is 14.0. The Bertz CT molecular complexity index is 750. The Morgan fingerprint density at radius 1 is 1.12 bits per heavy atom. The van der Waals surface area contributed by atoms with E-state index >= 15 is 0 Å². The number of hydrogen-bond donors (Lipinski definition) is 3. The highest BCUT2D eigenvalue weighted by atomic mass is 127. The summed E-state index contributed by atoms with van der Waals surface area (Å²) in [6.07, 6.45) is 1.34. The second-order valence-corrected chi connectivity index (χ2v) is 5.56. The molecule has 4 N–H and O–H groups in total. The Morgan fingerprint density at radius 2 is 1.81 bits per heavy atom. The fourth-order valence-corrected chi connectivity index (χ4v) is 2.26. The number of carbonyl (C=O) groups is 1. The molecule has 0 spiro atoms. The van der Waals surface area contributed by atoms with Crippen molar-refractivity contribution in [3.63, 3.8) is 0 Å². The largest absolute Gasteiger partial charge is 0.497 e. The first kappa shape index (κ1) is 21.8. The minimum atomic E-state index is 0. The monoisotopic (exact) mass is 468 g/mol. The molecule has 0 aliphatic carbocycles. The van der Waals surface area contributed by atoms with Crippen LogP contribution in [0.2, 0.25) is 0 Å². The number of guanidine groups is 1. The first-order valence-electron chi connectivity index (χ1n) is 8.20. The topological polar surface area (TPSA) is 88.7 Å². The SMILES string of the molecule is CCCC(=O)Nc1cccc(CN=C(N)Nc2cccc(OC)c2)c1.I. The van der Waals surface area contributed by atoms with Gasteiger partial charge in [0.2, 0.25) is 5.91 Å². The highest BCUT2D eigenvalue weighted by Gasteiger charge is 2.02. The molecule has 0 heterocycles. The van der Waals surface area contributed by atoms with Crippen molar-refractivity contribution in [2.45, 2.75) is 26.3 Å². The van der Waals surface area contributed by atoms with Crippen LogP contribution in [-0.2, 0) is 11.3 Å². The van der Waals surface area contributed by atoms with E-state index in [-0.39, 0.29) is 29.9 Å². The first-order valence-corrected chi connectivity index (χ1v) is 8.20. The van der Waals surface area contributed by atoms with E-state index in [0.29, 0.717) is 18.9 Å². The summed E-state index contributed by atoms with van der Waals surface area (Å²) in [5.74, 6) is 1.07. The van der Waals surface area contributed by atoms with Gasteiger partial charge in [-0.2, -0.15) is 0 Å². The van der Waals surface area contributed by atoms with Crippen molar-refractivity contribution in [2.24, 2.45) is 10.7 Å². The Kier molecular flexibility index (Phi) is 9.50. The Hall–Kier alpha value is -2.29. The number of rotatable bonds is 7. The molecule has 0 aromatic heterocycles. The number of methoxy groups -OCH3 is 1. The Morgan fingerprint density at radius 3 is 2.50 bits per heavy atom. The summed E-state index contributed by atoms with van der Waals surface area (Å²) in [4.78, 5) is 16.0. The van der Waals surface area contributed by atoms with Crippen LogP contribution in [-0.4, -0.2) is 19.0 Å². The third-order valence-corrected chi connectivity index (χ3v) is 3.46. The number of amides is 1. The van der Waals surface area contributed by atoms with Gasteiger partial charge in [-0.05, 0) is 36.2 Å². The molecular formula is C19H25IN4O2. The van der Waals surface area contributed by atoms with Gasteiger partial charge in [0.15, 0.2) is 5.96 Å². The quantitative estimate of drug-likeness (QED) is 0.326. The Balaban J connectivity index is 0.00000338. The fourth-order valence-electron chi connectivity index (χ4n) is 2.26. The zero-order chi connectivity index (χ0) is 18.1. The van der Waals surface area contributed by atoms with E-state index in [1.54, 1.807) is 7.11 Å². The van der Waals surface area contributed by atoms with Crippen LogP contribution in [0.4, 0.5) is 11.4 Å². The molecule has 0 unspecified atom stereocenters. The molecule has 140 valence electrons. The summed E-state index contributed by atoms with van der Waals surface area (Å²) < 4.78 is 5.17. The average Bonchev–Trinajstić information content (AvgIpc) is 2.60. The second kappa shape index (κ2) is 11.3. The van der Waals surface area contributed by atoms with Gasteiger partial charge in [0.1, 0.15) is 5.75 Å². The van der Waals surface area contributed by atoms with Gasteiger partial charge in [-0.1, -0.05) is 25.1 Å². The average molecular weight is 468 g/mol. The lowest BCUT2D eigenvalue weighted by Gasteiger charge is -2.08. The third-order valence-electron chi connectivity index (χ3n) is 3.46. The summed E-state index contributed by atoms with van der Waals surface area (Å²) in [5.41, 5.74) is 8.47. The fraction of sp³-hybridized carbons (Fsp3) is 0.263. The van der Waals surface area contributed by atoms with Crippen molar-refractivity contribution in [3.05, 3.63) is 54.1 Å². The van der Waals surface area contributed by atoms with Gasteiger partial charge in [0, 0.05) is 23.9 Å². The molecule has 0 radical (unpaired) electrons. The number of hydrogen-bond acceptors (Lipinski definition) is 3. The molecule has 7 heteroatoms. The maximum absolute atomic E-state index is 11.7. The highest BCUT2D eigenvalue weighted by Crippen LogP contribution is 2.16. The van der Waals surface area contributed by atoms with Crippen molar-refractivity contribution in [1.29, 1.82) is 0 Å². The zero-order valence-corrected chi connectivity index (χ0v) is 17.3. The number of nitrogens with two attached hydrogens (primary N) is 1. The van der Waals surface area contributed by atoms with Crippen LogP contribution in [0.3, 0.4) is 0 Å². The van der Waals surface area contributed by atoms with Gasteiger partial charge in [-0.25, -0.2) is 4.99 Å². The molecule has 0 saturated carbocycles. The number of nitrogens with zero attached hydrogens (tertiary/aromatic N) is 1. The van der Waals surface area contributed by atoms with Crippen LogP contribution < -0.4 is 21.1 Å². The molecule has 0 fully saturated rings. The summed E-state index contributed by atoms with van der Waals surface area (Å²) in [6, 6.07) is 15.0. The number of ether oxygens (including phenoxy) is 1. The summed E-state index contributed by atoms with van der Waals surface area (Å²) in [5, 5.41) is 5.90. The van der Waals surface area contributed by atoms with E-state index in [1.807, 2.05) is 55.5 Å². The smallest absolute Gasteiger partial charge is 0.224 e. The molecule has 0 aliphatic heterocycles. The van der Waals surface area contributed by atoms with Crippen LogP contribution in [0.1, 0.15) is 25.3 Å². The summed E-state index contributed by atoms with van der Waals surface area (Å²) in [6.45, 7) is 2.39. The van der Waals surface area contributed by atoms with Crippen molar-refractivity contribution >= 4 is 47.2 Å². The van der Waals surface area contributed by atoms with Crippen molar-refractivity contribution in [1.82, 2.24) is 0 Å². The van der Waals surface area contributed by atoms with Crippen LogP contribution in [0, 0.1) is 0 Å². The van der Waals surface area contributed by atoms with Crippen LogP contribution in [0.15, 0.2) is 53.5 Å². The molecule has 26 heavy (non-hydrogen) atoms. The molecule has 2 aromatic carbocycles. The van der Waals surface area contributed by atoms with E-state index in [1.165, 1.54) is 0 Å². The van der Waals surface area contributed by atoms with Crippen LogP contribution in [0.5, 0.6) is 5.75 Å². The standard InChI is InChI=1S/C19H24N4O2.HI/c1-3-6-18(24)22-15-8-4-7-14(11-15)13-21-19(20)23-16-9-5-10-17(12-16)25-2;/h4-5,7-12H,3,6,13H2,1-2H3,(H,22,24)(H3,20,21,23);1H. The Labute approximate surface area is 171 Å². The van der Waals surface area contributed by atoms with E-state index in [2.05, 4.69) is 15.6 Å². The molecule has 0 saturated heterocycles. The minimum Gasteiger partial charge on any atom is -0.497 e. The molecule has 2 aromatic rings. The number of anilines is 2. The lowest BCUT2D eigenvalue weighted by Crippen LogP contribution is -2.22. The molecule has 0 bridgehead atoms. The number of aliphatic imine (C=N–C) groups is 1. The van der Waals surface area contributed by atoms with E-state index in [4.69, 9.17) is 10.5 Å². The van der Waals surface area contributed by atoms with Gasteiger partial charge < -0.3 is 21.1 Å². The van der Waals surface area contributed by atoms with Crippen molar-refractivity contribution in [3.8, 4) is 5.75 Å². The van der Waals surface area contributed by atoms with Crippen LogP contribution in [0.25, 0.3) is 0 Å². The van der Waals surface area contributed by atoms with Crippen molar-refractivity contribution < 1.29 is 9.53 Å². The molecule has 1 amide bonds. The van der Waals surface area contributed by atoms with E-state index in [9.17, 15) is 4.79 Å². The number of nitrogens with one attached hydrogen (secondary N) is 2. The third kappa shape index (κ3) is 7.30. The molecular weight excluding hydrogens is 443 g/mol. The van der Waals surface area contributed by atoms with Crippen molar-refractivity contribution in [2.75, 3.05) is 17.7 Å². The van der Waals surface area contributed by atoms with Gasteiger partial charge >= 0.3 is 0 Å². The molecule has 0 aliphatic rings. The zero-order valence-electron chi connectivity index (χ0n) is 15.0. The molecule has 0 atom stereocenters. The maximum atomic E-state index is 11.7. The number of halogens is 1. The number of carbonyl (C=O) groups excluding carboxylic acids is 1. The van der Waals surface area contributed by atoms with Gasteiger partial charge in [-0.3, -0.25) is 4.79 Å². The van der Waals surface area contributed by atoms with E-state index in [0.717, 1.165) is 29.1 Å². The van der Waals surface area contributed by atoms with Crippen LogP contribution >= 0.6 is 24.0 Å².